The van der Waals surface area contributed by atoms with E-state index in [2.05, 4.69) is 0 Å². The summed E-state index contributed by atoms with van der Waals surface area (Å²) in [4.78, 5) is 0. The lowest BCUT2D eigenvalue weighted by molar-refractivity contribution is 0.301. The topological polar surface area (TPSA) is 63.2 Å². The molecule has 0 unspecified atom stereocenters. The van der Waals surface area contributed by atoms with Gasteiger partial charge in [0.2, 0.25) is 17.5 Å². The van der Waals surface area contributed by atoms with Crippen molar-refractivity contribution in [3.63, 3.8) is 0 Å². The number of hydrogen-bond acceptors (Lipinski definition) is 6. The van der Waals surface area contributed by atoms with E-state index < -0.39 is 17.5 Å². The molecule has 0 bridgehead atoms. The second-order valence-corrected chi connectivity index (χ2v) is 9.69. The van der Waals surface area contributed by atoms with E-state index >= 15 is 0 Å². The highest BCUT2D eigenvalue weighted by Crippen LogP contribution is 2.38. The Morgan fingerprint density at radius 2 is 0.953 bits per heavy atom. The molecule has 0 aliphatic carbocycles. The first kappa shape index (κ1) is 29.9. The van der Waals surface area contributed by atoms with Gasteiger partial charge in [-0.15, -0.1) is 0 Å². The quantitative estimate of drug-likeness (QED) is 0.157. The lowest BCUT2D eigenvalue weighted by Crippen LogP contribution is -1.97. The van der Waals surface area contributed by atoms with Crippen LogP contribution in [0.4, 0.5) is 13.2 Å². The average molecular weight is 595 g/mol. The number of rotatable bonds is 10. The van der Waals surface area contributed by atoms with Crippen molar-refractivity contribution >= 4 is 43.9 Å². The minimum atomic E-state index is -0.619. The molecule has 0 radical (unpaired) electrons. The summed E-state index contributed by atoms with van der Waals surface area (Å²) in [5.41, 5.74) is 0.832. The maximum atomic E-state index is 14.4. The van der Waals surface area contributed by atoms with E-state index in [1.165, 1.54) is 12.1 Å². The summed E-state index contributed by atoms with van der Waals surface area (Å²) in [7, 11) is 0. The molecular formula is C34H33F3O6. The summed E-state index contributed by atoms with van der Waals surface area (Å²) in [5.74, 6) is -0.539. The fourth-order valence-electron chi connectivity index (χ4n) is 4.74. The van der Waals surface area contributed by atoms with Crippen molar-refractivity contribution in [1.82, 2.24) is 0 Å². The molecule has 2 aromatic heterocycles. The molecule has 0 spiro atoms. The fraction of sp³-hybridized carbons (Fsp3) is 0.294. The van der Waals surface area contributed by atoms with E-state index in [9.17, 15) is 13.2 Å². The van der Waals surface area contributed by atoms with Crippen molar-refractivity contribution in [2.45, 2.75) is 40.5 Å². The van der Waals surface area contributed by atoms with Crippen LogP contribution in [0.3, 0.4) is 0 Å². The maximum Gasteiger partial charge on any atom is 0.208 e. The van der Waals surface area contributed by atoms with Crippen LogP contribution in [0.15, 0.2) is 63.4 Å². The summed E-state index contributed by atoms with van der Waals surface area (Å²) in [6, 6.07) is 15.4. The van der Waals surface area contributed by atoms with Crippen molar-refractivity contribution in [1.29, 1.82) is 0 Å². The highest BCUT2D eigenvalue weighted by atomic mass is 19.1. The van der Waals surface area contributed by atoms with Crippen LogP contribution in [0, 0.1) is 17.5 Å². The monoisotopic (exact) mass is 594 g/mol. The van der Waals surface area contributed by atoms with Gasteiger partial charge in [-0.2, -0.15) is 13.2 Å². The molecule has 9 heteroatoms. The normalized spacial score (nSPS) is 11.2. The van der Waals surface area contributed by atoms with Crippen molar-refractivity contribution in [3.05, 3.63) is 72.0 Å². The molecule has 0 aliphatic rings. The number of halogens is 3. The molecule has 2 heterocycles. The van der Waals surface area contributed by atoms with Crippen LogP contribution in [0.2, 0.25) is 0 Å². The third kappa shape index (κ3) is 5.89. The predicted octanol–water partition coefficient (Wildman–Crippen LogP) is 9.96. The van der Waals surface area contributed by atoms with Gasteiger partial charge in [0.05, 0.1) is 26.4 Å². The lowest BCUT2D eigenvalue weighted by Gasteiger charge is -2.05. The van der Waals surface area contributed by atoms with Crippen LogP contribution in [-0.2, 0) is 0 Å². The maximum absolute atomic E-state index is 14.4. The summed E-state index contributed by atoms with van der Waals surface area (Å²) in [6.45, 7) is 9.37. The molecule has 4 aromatic carbocycles. The minimum absolute atomic E-state index is 0.00356. The zero-order valence-corrected chi connectivity index (χ0v) is 24.5. The number of ether oxygens (including phenoxy) is 4. The Balaban J connectivity index is 0.000000171. The van der Waals surface area contributed by atoms with Gasteiger partial charge in [-0.3, -0.25) is 0 Å². The Morgan fingerprint density at radius 3 is 1.47 bits per heavy atom. The third-order valence-electron chi connectivity index (χ3n) is 6.67. The Bertz CT molecular complexity index is 1870. The molecule has 0 saturated heterocycles. The molecular weight excluding hydrogens is 561 g/mol. The van der Waals surface area contributed by atoms with E-state index in [-0.39, 0.29) is 34.0 Å². The summed E-state index contributed by atoms with van der Waals surface area (Å²) in [6.07, 6.45) is 1.70. The highest BCUT2D eigenvalue weighted by molar-refractivity contribution is 6.06. The molecule has 0 N–H and O–H groups in total. The number of benzene rings is 4. The minimum Gasteiger partial charge on any atom is -0.493 e. The lowest BCUT2D eigenvalue weighted by atomic mass is 10.1. The first-order valence-corrected chi connectivity index (χ1v) is 14.4. The van der Waals surface area contributed by atoms with Gasteiger partial charge in [0.1, 0.15) is 11.3 Å². The second kappa shape index (κ2) is 13.2. The Labute approximate surface area is 246 Å². The van der Waals surface area contributed by atoms with Crippen molar-refractivity contribution in [2.75, 3.05) is 26.4 Å². The Hall–Kier alpha value is -4.53. The standard InChI is InChI=1S/C17H16F2O3.C17H17FO3/c1-3-9-21-13-8-6-11-10-5-7-12(20-4-2)14(18)16(10)22-17(11)15(13)19;1-3-9-20-11-5-6-12-13-7-8-14(19-4-2)16(18)17(13)21-15(12)10-11/h5-8H,3-4,9H2,1-2H3;5-8,10H,3-4,9H2,1-2H3. The van der Waals surface area contributed by atoms with Gasteiger partial charge in [0.25, 0.3) is 0 Å². The molecule has 0 atom stereocenters. The highest BCUT2D eigenvalue weighted by Gasteiger charge is 2.20. The molecule has 226 valence electrons. The van der Waals surface area contributed by atoms with Crippen LogP contribution < -0.4 is 18.9 Å². The van der Waals surface area contributed by atoms with Gasteiger partial charge in [0, 0.05) is 27.6 Å². The summed E-state index contributed by atoms with van der Waals surface area (Å²) < 4.78 is 75.6. The largest absolute Gasteiger partial charge is 0.493 e. The van der Waals surface area contributed by atoms with Crippen molar-refractivity contribution in [2.24, 2.45) is 0 Å². The summed E-state index contributed by atoms with van der Waals surface area (Å²) in [5, 5.41) is 2.64. The van der Waals surface area contributed by atoms with Crippen LogP contribution in [0.1, 0.15) is 40.5 Å². The number of hydrogen-bond donors (Lipinski definition) is 0. The molecule has 0 saturated carbocycles. The van der Waals surface area contributed by atoms with Gasteiger partial charge < -0.3 is 27.8 Å². The SMILES string of the molecule is CCCOc1ccc2c(c1)oc1c(F)c(OCC)ccc12.CCCOc1ccc2c(oc3c(F)c(OCC)ccc32)c1F. The van der Waals surface area contributed by atoms with E-state index in [4.69, 9.17) is 27.8 Å². The van der Waals surface area contributed by atoms with Crippen molar-refractivity contribution < 1.29 is 41.0 Å². The third-order valence-corrected chi connectivity index (χ3v) is 6.67. The van der Waals surface area contributed by atoms with E-state index in [1.807, 2.05) is 39.0 Å². The van der Waals surface area contributed by atoms with Gasteiger partial charge in [-0.25, -0.2) is 0 Å². The van der Waals surface area contributed by atoms with E-state index in [1.54, 1.807) is 31.2 Å². The average Bonchev–Trinajstić information content (AvgIpc) is 3.59. The first-order valence-electron chi connectivity index (χ1n) is 14.4. The molecule has 0 amide bonds. The zero-order chi connectivity index (χ0) is 30.5. The van der Waals surface area contributed by atoms with E-state index in [0.29, 0.717) is 42.8 Å². The molecule has 6 rings (SSSR count). The van der Waals surface area contributed by atoms with Crippen LogP contribution in [0.5, 0.6) is 23.0 Å². The smallest absolute Gasteiger partial charge is 0.208 e. The molecule has 0 fully saturated rings. The zero-order valence-electron chi connectivity index (χ0n) is 24.5. The predicted molar refractivity (Wildman–Crippen MR) is 161 cm³/mol. The van der Waals surface area contributed by atoms with Crippen LogP contribution in [-0.4, -0.2) is 26.4 Å². The van der Waals surface area contributed by atoms with Gasteiger partial charge in [-0.05, 0) is 75.2 Å². The molecule has 43 heavy (non-hydrogen) atoms. The van der Waals surface area contributed by atoms with Gasteiger partial charge in [0.15, 0.2) is 34.0 Å². The van der Waals surface area contributed by atoms with Crippen LogP contribution >= 0.6 is 0 Å². The molecule has 6 nitrogen and oxygen atoms in total. The Morgan fingerprint density at radius 1 is 0.512 bits per heavy atom. The van der Waals surface area contributed by atoms with Crippen LogP contribution in [0.25, 0.3) is 43.9 Å². The molecule has 6 aromatic rings. The summed E-state index contributed by atoms with van der Waals surface area (Å²) >= 11 is 0. The fourth-order valence-corrected chi connectivity index (χ4v) is 4.74. The van der Waals surface area contributed by atoms with Gasteiger partial charge >= 0.3 is 0 Å². The van der Waals surface area contributed by atoms with E-state index in [0.717, 1.165) is 29.4 Å². The first-order chi connectivity index (χ1) is 20.9. The number of fused-ring (bicyclic) bond motifs is 6. The van der Waals surface area contributed by atoms with Gasteiger partial charge in [-0.1, -0.05) is 13.8 Å². The van der Waals surface area contributed by atoms with Crippen molar-refractivity contribution in [3.8, 4) is 23.0 Å². The second-order valence-electron chi connectivity index (χ2n) is 9.69. The number of furan rings is 2. The Kier molecular flexibility index (Phi) is 9.19. The molecule has 0 aliphatic heterocycles.